The van der Waals surface area contributed by atoms with Gasteiger partial charge in [-0.1, -0.05) is 0 Å². The SMILES string of the molecule is COc1ccc2nc(/C(C#N)=C\c3ccc(-c4cc([N+](=O)[O-])ccc4OC)o3)[nH]c2c1. The van der Waals surface area contributed by atoms with Gasteiger partial charge in [-0.05, 0) is 30.3 Å². The molecule has 154 valence electrons. The van der Waals surface area contributed by atoms with Crippen LogP contribution in [0.4, 0.5) is 5.69 Å². The van der Waals surface area contributed by atoms with Crippen molar-refractivity contribution in [3.63, 3.8) is 0 Å². The van der Waals surface area contributed by atoms with E-state index in [9.17, 15) is 15.4 Å². The lowest BCUT2D eigenvalue weighted by molar-refractivity contribution is -0.384. The molecule has 0 atom stereocenters. The molecule has 2 aromatic heterocycles. The molecule has 2 aromatic carbocycles. The first kappa shape index (κ1) is 19.7. The maximum atomic E-state index is 11.1. The van der Waals surface area contributed by atoms with E-state index in [0.29, 0.717) is 39.9 Å². The molecule has 0 unspecified atom stereocenters. The second-order valence-corrected chi connectivity index (χ2v) is 6.48. The third-order valence-electron chi connectivity index (χ3n) is 4.64. The van der Waals surface area contributed by atoms with Crippen LogP contribution in [0, 0.1) is 21.4 Å². The molecule has 0 bridgehead atoms. The van der Waals surface area contributed by atoms with Crippen molar-refractivity contribution in [2.45, 2.75) is 0 Å². The molecule has 9 heteroatoms. The molecule has 9 nitrogen and oxygen atoms in total. The number of fused-ring (bicyclic) bond motifs is 1. The molecule has 31 heavy (non-hydrogen) atoms. The molecule has 0 amide bonds. The van der Waals surface area contributed by atoms with E-state index in [1.807, 2.05) is 0 Å². The highest BCUT2D eigenvalue weighted by atomic mass is 16.6. The van der Waals surface area contributed by atoms with E-state index < -0.39 is 4.92 Å². The number of hydrogen-bond donors (Lipinski definition) is 1. The van der Waals surface area contributed by atoms with E-state index in [0.717, 1.165) is 5.52 Å². The summed E-state index contributed by atoms with van der Waals surface area (Å²) in [7, 11) is 3.04. The Morgan fingerprint density at radius 2 is 2.03 bits per heavy atom. The van der Waals surface area contributed by atoms with Crippen molar-refractivity contribution in [2.24, 2.45) is 0 Å². The summed E-state index contributed by atoms with van der Waals surface area (Å²) in [5, 5.41) is 20.7. The van der Waals surface area contributed by atoms with Crippen LogP contribution in [-0.4, -0.2) is 29.1 Å². The number of nitro benzene ring substituents is 1. The summed E-state index contributed by atoms with van der Waals surface area (Å²) < 4.78 is 16.3. The first-order valence-corrected chi connectivity index (χ1v) is 9.11. The quantitative estimate of drug-likeness (QED) is 0.271. The lowest BCUT2D eigenvalue weighted by Gasteiger charge is -2.05. The largest absolute Gasteiger partial charge is 0.497 e. The van der Waals surface area contributed by atoms with Gasteiger partial charge in [0.2, 0.25) is 0 Å². The zero-order valence-electron chi connectivity index (χ0n) is 16.6. The monoisotopic (exact) mass is 416 g/mol. The van der Waals surface area contributed by atoms with Crippen molar-refractivity contribution in [3.8, 4) is 28.9 Å². The number of hydrogen-bond acceptors (Lipinski definition) is 7. The van der Waals surface area contributed by atoms with Crippen LogP contribution in [0.1, 0.15) is 11.6 Å². The Morgan fingerprint density at radius 1 is 1.19 bits per heavy atom. The number of furan rings is 1. The summed E-state index contributed by atoms with van der Waals surface area (Å²) >= 11 is 0. The number of allylic oxidation sites excluding steroid dienone is 1. The molecule has 0 aliphatic rings. The van der Waals surface area contributed by atoms with Gasteiger partial charge in [-0.2, -0.15) is 5.26 Å². The fraction of sp³-hybridized carbons (Fsp3) is 0.0909. The topological polar surface area (TPSA) is 127 Å². The number of imidazole rings is 1. The van der Waals surface area contributed by atoms with Gasteiger partial charge in [0.25, 0.3) is 5.69 Å². The van der Waals surface area contributed by atoms with E-state index in [1.165, 1.54) is 25.3 Å². The van der Waals surface area contributed by atoms with E-state index in [1.54, 1.807) is 43.5 Å². The Labute approximate surface area is 176 Å². The number of aromatic nitrogens is 2. The molecule has 0 aliphatic heterocycles. The molecule has 4 aromatic rings. The van der Waals surface area contributed by atoms with Gasteiger partial charge in [0.1, 0.15) is 34.9 Å². The number of nitriles is 1. The average molecular weight is 416 g/mol. The second kappa shape index (κ2) is 8.04. The summed E-state index contributed by atoms with van der Waals surface area (Å²) in [5.41, 5.74) is 2.04. The molecule has 0 saturated heterocycles. The number of non-ortho nitro benzene ring substituents is 1. The van der Waals surface area contributed by atoms with Crippen molar-refractivity contribution in [2.75, 3.05) is 14.2 Å². The fourth-order valence-electron chi connectivity index (χ4n) is 3.12. The Balaban J connectivity index is 1.71. The number of rotatable bonds is 6. The van der Waals surface area contributed by atoms with Crippen LogP contribution in [0.3, 0.4) is 0 Å². The second-order valence-electron chi connectivity index (χ2n) is 6.48. The zero-order chi connectivity index (χ0) is 22.0. The molecule has 0 aliphatic carbocycles. The number of nitro groups is 1. The molecular weight excluding hydrogens is 400 g/mol. The highest BCUT2D eigenvalue weighted by molar-refractivity contribution is 5.90. The van der Waals surface area contributed by atoms with Crippen molar-refractivity contribution in [1.82, 2.24) is 9.97 Å². The Hall–Kier alpha value is -4.58. The predicted molar refractivity (Wildman–Crippen MR) is 113 cm³/mol. The normalized spacial score (nSPS) is 11.3. The van der Waals surface area contributed by atoms with Crippen molar-refractivity contribution < 1.29 is 18.8 Å². The van der Waals surface area contributed by atoms with Gasteiger partial charge >= 0.3 is 0 Å². The summed E-state index contributed by atoms with van der Waals surface area (Å²) in [5.74, 6) is 2.25. The molecule has 0 saturated carbocycles. The molecule has 2 heterocycles. The minimum Gasteiger partial charge on any atom is -0.497 e. The number of nitrogens with zero attached hydrogens (tertiary/aromatic N) is 3. The van der Waals surface area contributed by atoms with Gasteiger partial charge in [-0.3, -0.25) is 10.1 Å². The smallest absolute Gasteiger partial charge is 0.270 e. The highest BCUT2D eigenvalue weighted by Gasteiger charge is 2.16. The molecular formula is C22H16N4O5. The zero-order valence-corrected chi connectivity index (χ0v) is 16.6. The van der Waals surface area contributed by atoms with Crippen LogP contribution < -0.4 is 9.47 Å². The van der Waals surface area contributed by atoms with Gasteiger partial charge in [-0.25, -0.2) is 4.98 Å². The van der Waals surface area contributed by atoms with Crippen LogP contribution in [0.5, 0.6) is 11.5 Å². The van der Waals surface area contributed by atoms with E-state index in [4.69, 9.17) is 13.9 Å². The fourth-order valence-corrected chi connectivity index (χ4v) is 3.12. The summed E-state index contributed by atoms with van der Waals surface area (Å²) in [6.45, 7) is 0. The van der Waals surface area contributed by atoms with Crippen LogP contribution in [-0.2, 0) is 0 Å². The summed E-state index contributed by atoms with van der Waals surface area (Å²) in [6.07, 6.45) is 1.54. The van der Waals surface area contributed by atoms with Crippen LogP contribution in [0.25, 0.3) is 34.0 Å². The van der Waals surface area contributed by atoms with Gasteiger partial charge in [0.15, 0.2) is 0 Å². The van der Waals surface area contributed by atoms with E-state index in [-0.39, 0.29) is 11.3 Å². The van der Waals surface area contributed by atoms with E-state index in [2.05, 4.69) is 16.0 Å². The van der Waals surface area contributed by atoms with Crippen LogP contribution in [0.2, 0.25) is 0 Å². The van der Waals surface area contributed by atoms with Crippen molar-refractivity contribution in [3.05, 3.63) is 70.2 Å². The first-order chi connectivity index (χ1) is 15.0. The Morgan fingerprint density at radius 3 is 2.74 bits per heavy atom. The number of H-pyrrole nitrogens is 1. The van der Waals surface area contributed by atoms with Crippen LogP contribution >= 0.6 is 0 Å². The third kappa shape index (κ3) is 3.82. The molecule has 4 rings (SSSR count). The standard InChI is InChI=1S/C22H16N4O5/c1-29-15-4-6-18-19(11-15)25-22(24-18)13(12-23)9-16-5-8-21(31-16)17-10-14(26(27)28)3-7-20(17)30-2/h3-11H,1-2H3,(H,24,25)/b13-9-. The summed E-state index contributed by atoms with van der Waals surface area (Å²) in [6, 6.07) is 15.1. The van der Waals surface area contributed by atoms with Gasteiger partial charge in [0.05, 0.1) is 41.3 Å². The minimum atomic E-state index is -0.489. The predicted octanol–water partition coefficient (Wildman–Crippen LogP) is 4.81. The van der Waals surface area contributed by atoms with Gasteiger partial charge in [0, 0.05) is 24.3 Å². The summed E-state index contributed by atoms with van der Waals surface area (Å²) in [4.78, 5) is 18.2. The molecule has 0 radical (unpaired) electrons. The van der Waals surface area contributed by atoms with Crippen LogP contribution in [0.15, 0.2) is 52.9 Å². The Kier molecular flexibility index (Phi) is 5.12. The Bertz CT molecular complexity index is 1360. The number of methoxy groups -OCH3 is 2. The lowest BCUT2D eigenvalue weighted by Crippen LogP contribution is -1.91. The van der Waals surface area contributed by atoms with Crippen molar-refractivity contribution in [1.29, 1.82) is 5.26 Å². The number of ether oxygens (including phenoxy) is 2. The lowest BCUT2D eigenvalue weighted by atomic mass is 10.1. The minimum absolute atomic E-state index is 0.0836. The average Bonchev–Trinajstić information content (AvgIpc) is 3.43. The first-order valence-electron chi connectivity index (χ1n) is 9.11. The highest BCUT2D eigenvalue weighted by Crippen LogP contribution is 2.35. The van der Waals surface area contributed by atoms with Gasteiger partial charge < -0.3 is 18.9 Å². The third-order valence-corrected chi connectivity index (χ3v) is 4.64. The number of aromatic amines is 1. The molecule has 0 spiro atoms. The number of nitrogens with one attached hydrogen (secondary N) is 1. The van der Waals surface area contributed by atoms with E-state index >= 15 is 0 Å². The maximum Gasteiger partial charge on any atom is 0.270 e. The van der Waals surface area contributed by atoms with Gasteiger partial charge in [-0.15, -0.1) is 0 Å². The van der Waals surface area contributed by atoms with Crippen molar-refractivity contribution >= 4 is 28.4 Å². The maximum absolute atomic E-state index is 11.1. The molecule has 0 fully saturated rings. The molecule has 1 N–H and O–H groups in total. The number of benzene rings is 2.